The molecule has 1 fully saturated rings. The van der Waals surface area contributed by atoms with Crippen molar-refractivity contribution in [3.63, 3.8) is 0 Å². The molecule has 1 saturated heterocycles. The molecular formula is C15H22N2O3S. The van der Waals surface area contributed by atoms with E-state index in [9.17, 15) is 9.59 Å². The molecule has 2 unspecified atom stereocenters. The number of hydrogen-bond donors (Lipinski definition) is 2. The van der Waals surface area contributed by atoms with Gasteiger partial charge in [0.15, 0.2) is 0 Å². The first-order valence-electron chi connectivity index (χ1n) is 7.23. The highest BCUT2D eigenvalue weighted by Crippen LogP contribution is 2.31. The van der Waals surface area contributed by atoms with Gasteiger partial charge in [0, 0.05) is 11.4 Å². The summed E-state index contributed by atoms with van der Waals surface area (Å²) in [4.78, 5) is 25.2. The standard InChI is InChI=1S/C15H22N2O3S/c1-3-15(6-7-16-10-15)14(19)17-11(9-13(18)20-2)12-5-4-8-21-12/h4-5,8,11,16H,3,6-7,9-10H2,1-2H3,(H,17,19). The number of hydrogen-bond acceptors (Lipinski definition) is 5. The third-order valence-corrected chi connectivity index (χ3v) is 5.18. The van der Waals surface area contributed by atoms with Crippen molar-refractivity contribution >= 4 is 23.2 Å². The molecule has 0 saturated carbocycles. The second-order valence-corrected chi connectivity index (χ2v) is 6.36. The van der Waals surface area contributed by atoms with Crippen LogP contribution in [0.2, 0.25) is 0 Å². The topological polar surface area (TPSA) is 67.4 Å². The van der Waals surface area contributed by atoms with E-state index in [0.717, 1.165) is 24.3 Å². The van der Waals surface area contributed by atoms with E-state index in [-0.39, 0.29) is 29.8 Å². The normalized spacial score (nSPS) is 22.8. The van der Waals surface area contributed by atoms with E-state index >= 15 is 0 Å². The Morgan fingerprint density at radius 2 is 2.38 bits per heavy atom. The number of esters is 1. The van der Waals surface area contributed by atoms with Crippen LogP contribution in [0.25, 0.3) is 0 Å². The second-order valence-electron chi connectivity index (χ2n) is 5.38. The first kappa shape index (κ1) is 16.0. The molecule has 0 bridgehead atoms. The summed E-state index contributed by atoms with van der Waals surface area (Å²) in [6, 6.07) is 3.54. The number of rotatable bonds is 6. The molecule has 2 N–H and O–H groups in total. The number of amides is 1. The van der Waals surface area contributed by atoms with Crippen molar-refractivity contribution in [1.29, 1.82) is 0 Å². The lowest BCUT2D eigenvalue weighted by Gasteiger charge is -2.28. The molecule has 2 atom stereocenters. The molecule has 1 aliphatic heterocycles. The third-order valence-electron chi connectivity index (χ3n) is 4.19. The van der Waals surface area contributed by atoms with Gasteiger partial charge in [-0.25, -0.2) is 0 Å². The number of methoxy groups -OCH3 is 1. The fourth-order valence-corrected chi connectivity index (χ4v) is 3.45. The van der Waals surface area contributed by atoms with Gasteiger partial charge in [-0.1, -0.05) is 13.0 Å². The number of ether oxygens (including phenoxy) is 1. The maximum atomic E-state index is 12.7. The molecule has 1 amide bonds. The van der Waals surface area contributed by atoms with Crippen molar-refractivity contribution in [3.8, 4) is 0 Å². The van der Waals surface area contributed by atoms with E-state index in [1.807, 2.05) is 24.4 Å². The Morgan fingerprint density at radius 3 is 2.90 bits per heavy atom. The van der Waals surface area contributed by atoms with Gasteiger partial charge in [0.2, 0.25) is 5.91 Å². The number of thiophene rings is 1. The molecular weight excluding hydrogens is 288 g/mol. The predicted octanol–water partition coefficient (Wildman–Crippen LogP) is 1.86. The molecule has 0 spiro atoms. The molecule has 2 heterocycles. The lowest BCUT2D eigenvalue weighted by atomic mass is 9.83. The van der Waals surface area contributed by atoms with E-state index < -0.39 is 0 Å². The summed E-state index contributed by atoms with van der Waals surface area (Å²) in [5, 5.41) is 8.25. The van der Waals surface area contributed by atoms with Crippen LogP contribution in [0.5, 0.6) is 0 Å². The summed E-state index contributed by atoms with van der Waals surface area (Å²) in [6.45, 7) is 3.60. The van der Waals surface area contributed by atoms with E-state index in [2.05, 4.69) is 10.6 Å². The quantitative estimate of drug-likeness (QED) is 0.787. The van der Waals surface area contributed by atoms with Gasteiger partial charge in [0.25, 0.3) is 0 Å². The smallest absolute Gasteiger partial charge is 0.307 e. The SMILES string of the molecule is CCC1(C(=O)NC(CC(=O)OC)c2cccs2)CCNC1. The molecule has 0 aromatic carbocycles. The number of nitrogens with one attached hydrogen (secondary N) is 2. The number of carbonyl (C=O) groups is 2. The Labute approximate surface area is 129 Å². The third kappa shape index (κ3) is 3.63. The highest BCUT2D eigenvalue weighted by molar-refractivity contribution is 7.10. The first-order chi connectivity index (χ1) is 10.1. The Morgan fingerprint density at radius 1 is 1.57 bits per heavy atom. The average molecular weight is 310 g/mol. The lowest BCUT2D eigenvalue weighted by Crippen LogP contribution is -2.44. The van der Waals surface area contributed by atoms with Crippen molar-refractivity contribution in [2.24, 2.45) is 5.41 Å². The van der Waals surface area contributed by atoms with Crippen LogP contribution in [0.4, 0.5) is 0 Å². The van der Waals surface area contributed by atoms with Crippen molar-refractivity contribution in [1.82, 2.24) is 10.6 Å². The summed E-state index contributed by atoms with van der Waals surface area (Å²) in [5.41, 5.74) is -0.356. The Bertz CT molecular complexity index is 481. The van der Waals surface area contributed by atoms with Crippen molar-refractivity contribution in [2.75, 3.05) is 20.2 Å². The van der Waals surface area contributed by atoms with Crippen LogP contribution in [-0.2, 0) is 14.3 Å². The van der Waals surface area contributed by atoms with Crippen LogP contribution in [-0.4, -0.2) is 32.1 Å². The lowest BCUT2D eigenvalue weighted by molar-refractivity contribution is -0.141. The average Bonchev–Trinajstić information content (AvgIpc) is 3.17. The van der Waals surface area contributed by atoms with Crippen molar-refractivity contribution in [3.05, 3.63) is 22.4 Å². The van der Waals surface area contributed by atoms with Crippen LogP contribution in [0.3, 0.4) is 0 Å². The minimum Gasteiger partial charge on any atom is -0.469 e. The van der Waals surface area contributed by atoms with Gasteiger partial charge in [-0.05, 0) is 30.8 Å². The Hall–Kier alpha value is -1.40. The van der Waals surface area contributed by atoms with Crippen LogP contribution < -0.4 is 10.6 Å². The van der Waals surface area contributed by atoms with Gasteiger partial charge >= 0.3 is 5.97 Å². The Kier molecular flexibility index (Phi) is 5.36. The van der Waals surface area contributed by atoms with Crippen LogP contribution in [0, 0.1) is 5.41 Å². The highest BCUT2D eigenvalue weighted by atomic mass is 32.1. The van der Waals surface area contributed by atoms with Gasteiger partial charge in [0.05, 0.1) is 25.0 Å². The zero-order chi connectivity index (χ0) is 15.3. The summed E-state index contributed by atoms with van der Waals surface area (Å²) < 4.78 is 4.74. The van der Waals surface area contributed by atoms with Gasteiger partial charge < -0.3 is 15.4 Å². The minimum atomic E-state index is -0.356. The van der Waals surface area contributed by atoms with Gasteiger partial charge in [-0.15, -0.1) is 11.3 Å². The van der Waals surface area contributed by atoms with Crippen LogP contribution in [0.15, 0.2) is 17.5 Å². The predicted molar refractivity (Wildman–Crippen MR) is 82.0 cm³/mol. The molecule has 1 aliphatic rings. The van der Waals surface area contributed by atoms with E-state index in [1.165, 1.54) is 18.4 Å². The Balaban J connectivity index is 2.11. The van der Waals surface area contributed by atoms with Crippen LogP contribution >= 0.6 is 11.3 Å². The van der Waals surface area contributed by atoms with E-state index in [1.54, 1.807) is 0 Å². The molecule has 1 aromatic heterocycles. The monoisotopic (exact) mass is 310 g/mol. The summed E-state index contributed by atoms with van der Waals surface area (Å²) in [5.74, 6) is -0.291. The van der Waals surface area contributed by atoms with E-state index in [4.69, 9.17) is 4.74 Å². The maximum Gasteiger partial charge on any atom is 0.307 e. The highest BCUT2D eigenvalue weighted by Gasteiger charge is 2.40. The molecule has 21 heavy (non-hydrogen) atoms. The largest absolute Gasteiger partial charge is 0.469 e. The molecule has 1 aromatic rings. The first-order valence-corrected chi connectivity index (χ1v) is 8.11. The molecule has 0 radical (unpaired) electrons. The zero-order valence-electron chi connectivity index (χ0n) is 12.5. The molecule has 0 aliphatic carbocycles. The van der Waals surface area contributed by atoms with E-state index in [0.29, 0.717) is 6.54 Å². The number of carbonyl (C=O) groups excluding carboxylic acids is 2. The molecule has 2 rings (SSSR count). The second kappa shape index (κ2) is 7.04. The van der Waals surface area contributed by atoms with Crippen molar-refractivity contribution in [2.45, 2.75) is 32.2 Å². The van der Waals surface area contributed by atoms with Crippen LogP contribution in [0.1, 0.15) is 37.1 Å². The van der Waals surface area contributed by atoms with Gasteiger partial charge in [-0.3, -0.25) is 9.59 Å². The molecule has 116 valence electrons. The van der Waals surface area contributed by atoms with Gasteiger partial charge in [-0.2, -0.15) is 0 Å². The summed E-state index contributed by atoms with van der Waals surface area (Å²) in [7, 11) is 1.37. The van der Waals surface area contributed by atoms with Gasteiger partial charge in [0.1, 0.15) is 0 Å². The summed E-state index contributed by atoms with van der Waals surface area (Å²) >= 11 is 1.54. The van der Waals surface area contributed by atoms with Crippen molar-refractivity contribution < 1.29 is 14.3 Å². The zero-order valence-corrected chi connectivity index (χ0v) is 13.3. The minimum absolute atomic E-state index is 0.0253. The fraction of sp³-hybridized carbons (Fsp3) is 0.600. The summed E-state index contributed by atoms with van der Waals surface area (Å²) in [6.07, 6.45) is 1.79. The fourth-order valence-electron chi connectivity index (χ4n) is 2.67. The molecule has 6 heteroatoms. The maximum absolute atomic E-state index is 12.7. The molecule has 5 nitrogen and oxygen atoms in total.